The first-order valence-corrected chi connectivity index (χ1v) is 20.6. The molecule has 0 radical (unpaired) electrons. The molecule has 10 rings (SSSR count). The first-order chi connectivity index (χ1) is 26.5. The van der Waals surface area contributed by atoms with Crippen LogP contribution in [0.1, 0.15) is 76.6 Å². The quantitative estimate of drug-likeness (QED) is 0.170. The second-order valence-corrected chi connectivity index (χ2v) is 18.7. The summed E-state index contributed by atoms with van der Waals surface area (Å²) in [4.78, 5) is 2.49. The second kappa shape index (κ2) is 12.3. The van der Waals surface area contributed by atoms with E-state index in [4.69, 9.17) is 0 Å². The van der Waals surface area contributed by atoms with Crippen molar-refractivity contribution in [2.45, 2.75) is 70.6 Å². The summed E-state index contributed by atoms with van der Waals surface area (Å²) < 4.78 is 2.76. The fraction of sp³-hybridized carbons (Fsp3) is 0.208. The van der Waals surface area contributed by atoms with E-state index in [1.54, 1.807) is 0 Å². The number of hydrogen-bond donors (Lipinski definition) is 0. The highest BCUT2D eigenvalue weighted by molar-refractivity contribution is 7.25. The number of benzene rings is 7. The maximum Gasteiger partial charge on any atom is 0.0508 e. The Morgan fingerprint density at radius 1 is 0.436 bits per heavy atom. The zero-order valence-electron chi connectivity index (χ0n) is 32.7. The number of hydrogen-bond acceptors (Lipinski definition) is 2. The van der Waals surface area contributed by atoms with Crippen molar-refractivity contribution in [2.24, 2.45) is 0 Å². The molecule has 1 heterocycles. The number of anilines is 3. The van der Waals surface area contributed by atoms with Gasteiger partial charge in [-0.1, -0.05) is 139 Å². The third-order valence-corrected chi connectivity index (χ3v) is 14.0. The van der Waals surface area contributed by atoms with Gasteiger partial charge in [0.05, 0.1) is 5.69 Å². The molecule has 8 aromatic rings. The molecule has 270 valence electrons. The maximum absolute atomic E-state index is 2.54. The first-order valence-electron chi connectivity index (χ1n) is 19.8. The predicted octanol–water partition coefficient (Wildman–Crippen LogP) is 15.5. The van der Waals surface area contributed by atoms with E-state index in [1.807, 2.05) is 11.3 Å². The molecular weight excluding hydrogens is 683 g/mol. The van der Waals surface area contributed by atoms with E-state index in [-0.39, 0.29) is 16.2 Å². The van der Waals surface area contributed by atoms with E-state index in [0.29, 0.717) is 0 Å². The monoisotopic (exact) mass is 729 g/mol. The molecule has 2 aliphatic rings. The Kier molecular flexibility index (Phi) is 7.61. The van der Waals surface area contributed by atoms with Crippen molar-refractivity contribution in [1.29, 1.82) is 0 Å². The van der Waals surface area contributed by atoms with Crippen LogP contribution in [0.4, 0.5) is 17.1 Å². The summed E-state index contributed by atoms with van der Waals surface area (Å²) in [5.74, 6) is 0. The lowest BCUT2D eigenvalue weighted by Gasteiger charge is -2.41. The van der Waals surface area contributed by atoms with E-state index < -0.39 is 0 Å². The largest absolute Gasteiger partial charge is 0.310 e. The van der Waals surface area contributed by atoms with Gasteiger partial charge >= 0.3 is 0 Å². The van der Waals surface area contributed by atoms with E-state index in [2.05, 4.69) is 198 Å². The minimum absolute atomic E-state index is 0.156. The van der Waals surface area contributed by atoms with Gasteiger partial charge in [-0.2, -0.15) is 0 Å². The number of nitrogens with zero attached hydrogens (tertiary/aromatic N) is 1. The average molecular weight is 730 g/mol. The molecule has 1 nitrogen and oxygen atoms in total. The van der Waals surface area contributed by atoms with Crippen molar-refractivity contribution >= 4 is 48.6 Å². The molecule has 2 aliphatic carbocycles. The fourth-order valence-corrected chi connectivity index (χ4v) is 10.8. The summed E-state index contributed by atoms with van der Waals surface area (Å²) in [5, 5.41) is 2.75. The van der Waals surface area contributed by atoms with Gasteiger partial charge in [-0.3, -0.25) is 0 Å². The van der Waals surface area contributed by atoms with Crippen molar-refractivity contribution < 1.29 is 0 Å². The van der Waals surface area contributed by atoms with Gasteiger partial charge in [0, 0.05) is 37.0 Å². The molecule has 0 spiro atoms. The number of fused-ring (bicyclic) bond motifs is 7. The van der Waals surface area contributed by atoms with Crippen molar-refractivity contribution in [2.75, 3.05) is 4.90 Å². The topological polar surface area (TPSA) is 3.24 Å². The van der Waals surface area contributed by atoms with Gasteiger partial charge in [0.1, 0.15) is 0 Å². The smallest absolute Gasteiger partial charge is 0.0508 e. The van der Waals surface area contributed by atoms with E-state index in [9.17, 15) is 0 Å². The predicted molar refractivity (Wildman–Crippen MR) is 238 cm³/mol. The Labute approximate surface area is 329 Å². The van der Waals surface area contributed by atoms with E-state index in [1.165, 1.54) is 94.3 Å². The molecule has 0 atom stereocenters. The van der Waals surface area contributed by atoms with Crippen molar-refractivity contribution in [3.05, 3.63) is 174 Å². The maximum atomic E-state index is 2.54. The zero-order chi connectivity index (χ0) is 37.7. The Morgan fingerprint density at radius 2 is 1.04 bits per heavy atom. The van der Waals surface area contributed by atoms with Crippen LogP contribution in [-0.2, 0) is 16.2 Å². The van der Waals surface area contributed by atoms with Gasteiger partial charge in [0.2, 0.25) is 0 Å². The van der Waals surface area contributed by atoms with Gasteiger partial charge in [-0.15, -0.1) is 11.3 Å². The molecule has 0 saturated heterocycles. The van der Waals surface area contributed by atoms with Crippen LogP contribution in [-0.4, -0.2) is 0 Å². The molecule has 0 fully saturated rings. The molecule has 0 unspecified atom stereocenters. The average Bonchev–Trinajstić information content (AvgIpc) is 3.68. The van der Waals surface area contributed by atoms with Crippen molar-refractivity contribution in [3.8, 4) is 33.4 Å². The van der Waals surface area contributed by atoms with Crippen LogP contribution in [0.5, 0.6) is 0 Å². The first kappa shape index (κ1) is 34.1. The summed E-state index contributed by atoms with van der Waals surface area (Å²) in [6, 6.07) is 56.9. The zero-order valence-corrected chi connectivity index (χ0v) is 33.5. The summed E-state index contributed by atoms with van der Waals surface area (Å²) in [6.07, 6.45) is 2.45. The van der Waals surface area contributed by atoms with Crippen LogP contribution in [0.25, 0.3) is 53.6 Å². The highest BCUT2D eigenvalue weighted by atomic mass is 32.1. The third kappa shape index (κ3) is 5.40. The van der Waals surface area contributed by atoms with Crippen molar-refractivity contribution in [3.63, 3.8) is 0 Å². The third-order valence-electron chi connectivity index (χ3n) is 12.9. The van der Waals surface area contributed by atoms with Crippen molar-refractivity contribution in [1.82, 2.24) is 0 Å². The summed E-state index contributed by atoms with van der Waals surface area (Å²) in [6.45, 7) is 14.5. The molecule has 0 amide bonds. The molecule has 55 heavy (non-hydrogen) atoms. The standard InChI is InChI=1S/C53H47NS/c1-51(2)28-29-52(3,4)46-33-49-43(32-45(46)51)42-31-37(24-27-48(42)55-49)36-16-12-17-39(30-36)54(38-25-22-35(23-26-38)34-14-8-7-9-15-34)47-21-13-19-41-40-18-10-11-20-44(40)53(5,6)50(41)47/h7-27,30-33H,28-29H2,1-6H3. The van der Waals surface area contributed by atoms with E-state index in [0.717, 1.165) is 11.4 Å². The lowest BCUT2D eigenvalue weighted by molar-refractivity contribution is 0.332. The Hall–Kier alpha value is -5.44. The normalized spacial score (nSPS) is 16.1. The van der Waals surface area contributed by atoms with Crippen LogP contribution in [0.2, 0.25) is 0 Å². The fourth-order valence-electron chi connectivity index (χ4n) is 9.71. The molecular formula is C53H47NS. The highest BCUT2D eigenvalue weighted by Gasteiger charge is 2.39. The van der Waals surface area contributed by atoms with Gasteiger partial charge in [-0.05, 0) is 134 Å². The molecule has 7 aromatic carbocycles. The minimum Gasteiger partial charge on any atom is -0.310 e. The summed E-state index contributed by atoms with van der Waals surface area (Å²) in [7, 11) is 0. The summed E-state index contributed by atoms with van der Waals surface area (Å²) in [5.41, 5.74) is 17.1. The lowest BCUT2D eigenvalue weighted by atomic mass is 9.63. The SMILES string of the molecule is CC1(C)CCC(C)(C)c2cc3c(cc21)sc1ccc(-c2cccc(N(c4ccc(-c5ccccc5)cc4)c4cccc5c4C(C)(C)c4ccccc4-5)c2)cc13. The minimum atomic E-state index is -0.156. The van der Waals surface area contributed by atoms with Crippen LogP contribution in [0, 0.1) is 0 Å². The van der Waals surface area contributed by atoms with Gasteiger partial charge in [0.25, 0.3) is 0 Å². The van der Waals surface area contributed by atoms with Gasteiger partial charge < -0.3 is 4.90 Å². The van der Waals surface area contributed by atoms with Crippen LogP contribution in [0.3, 0.4) is 0 Å². The molecule has 0 bridgehead atoms. The van der Waals surface area contributed by atoms with E-state index >= 15 is 0 Å². The van der Waals surface area contributed by atoms with Gasteiger partial charge in [-0.25, -0.2) is 0 Å². The Morgan fingerprint density at radius 3 is 1.82 bits per heavy atom. The Balaban J connectivity index is 1.13. The molecule has 2 heteroatoms. The van der Waals surface area contributed by atoms with Crippen LogP contribution < -0.4 is 4.90 Å². The Bertz CT molecular complexity index is 2780. The molecule has 0 aliphatic heterocycles. The van der Waals surface area contributed by atoms with Crippen LogP contribution >= 0.6 is 11.3 Å². The molecule has 0 saturated carbocycles. The number of rotatable bonds is 5. The van der Waals surface area contributed by atoms with Crippen LogP contribution in [0.15, 0.2) is 152 Å². The highest BCUT2D eigenvalue weighted by Crippen LogP contribution is 2.55. The van der Waals surface area contributed by atoms with Gasteiger partial charge in [0.15, 0.2) is 0 Å². The lowest BCUT2D eigenvalue weighted by Crippen LogP contribution is -2.33. The molecule has 0 N–H and O–H groups in total. The molecule has 1 aromatic heterocycles. The second-order valence-electron chi connectivity index (χ2n) is 17.6. The summed E-state index contributed by atoms with van der Waals surface area (Å²) >= 11 is 1.94. The number of thiophene rings is 1.